The predicted molar refractivity (Wildman–Crippen MR) is 196 cm³/mol. The largest absolute Gasteiger partial charge is 0.343 e. The van der Waals surface area contributed by atoms with Gasteiger partial charge >= 0.3 is 0 Å². The Bertz CT molecular complexity index is 1330. The van der Waals surface area contributed by atoms with Crippen LogP contribution >= 0.6 is 0 Å². The highest BCUT2D eigenvalue weighted by Crippen LogP contribution is 2.48. The fraction of sp³-hybridized carbons (Fsp3) is 0.947. The van der Waals surface area contributed by atoms with Crippen LogP contribution in [0.4, 0.5) is 0 Å². The molecule has 0 bridgehead atoms. The first-order valence-corrected chi connectivity index (χ1v) is 21.3. The van der Waals surface area contributed by atoms with Gasteiger partial charge in [0.2, 0.25) is 21.8 Å². The molecule has 6 aliphatic heterocycles. The summed E-state index contributed by atoms with van der Waals surface area (Å²) < 4.78 is 26.0. The van der Waals surface area contributed by atoms with Crippen molar-refractivity contribution >= 4 is 21.8 Å². The molecule has 3 spiro atoms. The van der Waals surface area contributed by atoms with Crippen molar-refractivity contribution < 1.29 is 18.0 Å². The molecule has 6 rings (SSSR count). The Balaban J connectivity index is 1.07. The molecule has 2 amide bonds. The number of sulfonamides is 1. The van der Waals surface area contributed by atoms with Crippen molar-refractivity contribution in [3.8, 4) is 0 Å². The topological polar surface area (TPSA) is 87.7 Å². The third-order valence-corrected chi connectivity index (χ3v) is 16.2. The number of rotatable bonds is 10. The lowest BCUT2D eigenvalue weighted by Crippen LogP contribution is -2.66. The van der Waals surface area contributed by atoms with E-state index in [2.05, 4.69) is 49.3 Å². The van der Waals surface area contributed by atoms with E-state index in [9.17, 15) is 18.0 Å². The van der Waals surface area contributed by atoms with E-state index in [-0.39, 0.29) is 33.8 Å². The van der Waals surface area contributed by atoms with E-state index in [1.165, 1.54) is 19.1 Å². The van der Waals surface area contributed by atoms with E-state index in [4.69, 9.17) is 0 Å². The van der Waals surface area contributed by atoms with E-state index in [1.54, 1.807) is 18.2 Å². The van der Waals surface area contributed by atoms with Crippen molar-refractivity contribution in [3.05, 3.63) is 0 Å². The van der Waals surface area contributed by atoms with E-state index in [0.717, 1.165) is 117 Å². The van der Waals surface area contributed by atoms with E-state index in [1.807, 2.05) is 9.80 Å². The van der Waals surface area contributed by atoms with Crippen LogP contribution < -0.4 is 0 Å². The molecule has 6 saturated heterocycles. The number of nitrogens with zero attached hydrogens (tertiary/aromatic N) is 6. The number of amides is 2. The van der Waals surface area contributed by atoms with Crippen molar-refractivity contribution in [1.82, 2.24) is 28.8 Å². The number of carbonyl (C=O) groups excluding carboxylic acids is 2. The lowest BCUT2D eigenvalue weighted by Gasteiger charge is -2.60. The highest BCUT2D eigenvalue weighted by Gasteiger charge is 2.53. The smallest absolute Gasteiger partial charge is 0.219 e. The molecule has 0 aromatic carbocycles. The number of hydrogen-bond acceptors (Lipinski definition) is 7. The van der Waals surface area contributed by atoms with Gasteiger partial charge in [-0.15, -0.1) is 0 Å². The Morgan fingerprint density at radius 1 is 0.531 bits per heavy atom. The van der Waals surface area contributed by atoms with Gasteiger partial charge in [-0.3, -0.25) is 24.3 Å². The maximum absolute atomic E-state index is 12.2. The third kappa shape index (κ3) is 7.63. The molecule has 0 radical (unpaired) electrons. The first kappa shape index (κ1) is 37.5. The van der Waals surface area contributed by atoms with Gasteiger partial charge in [0.25, 0.3) is 0 Å². The van der Waals surface area contributed by atoms with E-state index >= 15 is 0 Å². The second kappa shape index (κ2) is 13.0. The Morgan fingerprint density at radius 3 is 1.37 bits per heavy atom. The summed E-state index contributed by atoms with van der Waals surface area (Å²) in [5.74, 6) is 0.430. The predicted octanol–water partition coefficient (Wildman–Crippen LogP) is 4.11. The quantitative estimate of drug-likeness (QED) is 0.339. The van der Waals surface area contributed by atoms with Gasteiger partial charge in [0.05, 0.1) is 6.26 Å². The highest BCUT2D eigenvalue weighted by molar-refractivity contribution is 7.88. The summed E-state index contributed by atoms with van der Waals surface area (Å²) in [7, 11) is -3.10. The zero-order valence-corrected chi connectivity index (χ0v) is 33.1. The molecule has 0 aromatic heterocycles. The van der Waals surface area contributed by atoms with Crippen LogP contribution in [-0.2, 0) is 19.6 Å². The summed E-state index contributed by atoms with van der Waals surface area (Å²) in [5.41, 5.74) is 1.21. The summed E-state index contributed by atoms with van der Waals surface area (Å²) in [5, 5.41) is 0. The number of likely N-dealkylation sites (tertiary alicyclic amines) is 5. The molecule has 10 nitrogen and oxygen atoms in total. The van der Waals surface area contributed by atoms with Crippen LogP contribution in [0.5, 0.6) is 0 Å². The Morgan fingerprint density at radius 2 is 0.918 bits per heavy atom. The minimum absolute atomic E-state index is 0.0821. The molecule has 0 saturated carbocycles. The van der Waals surface area contributed by atoms with Gasteiger partial charge < -0.3 is 9.80 Å². The minimum Gasteiger partial charge on any atom is -0.343 e. The third-order valence-electron chi connectivity index (χ3n) is 15.0. The number of carbonyl (C=O) groups is 2. The second-order valence-corrected chi connectivity index (χ2v) is 21.3. The molecule has 6 aliphatic rings. The van der Waals surface area contributed by atoms with Gasteiger partial charge in [0.15, 0.2) is 0 Å². The molecule has 1 atom stereocenters. The van der Waals surface area contributed by atoms with Crippen molar-refractivity contribution in [2.45, 2.75) is 129 Å². The molecule has 11 heteroatoms. The van der Waals surface area contributed by atoms with Crippen molar-refractivity contribution in [1.29, 1.82) is 0 Å². The van der Waals surface area contributed by atoms with Gasteiger partial charge in [0, 0.05) is 93.7 Å². The lowest BCUT2D eigenvalue weighted by atomic mass is 9.68. The van der Waals surface area contributed by atoms with Crippen molar-refractivity contribution in [2.75, 3.05) is 84.8 Å². The van der Waals surface area contributed by atoms with Crippen LogP contribution in [0.1, 0.15) is 113 Å². The summed E-state index contributed by atoms with van der Waals surface area (Å²) in [6, 6.07) is 0. The maximum atomic E-state index is 12.2. The molecule has 280 valence electrons. The van der Waals surface area contributed by atoms with Crippen molar-refractivity contribution in [3.63, 3.8) is 0 Å². The normalized spacial score (nSPS) is 27.8. The molecule has 0 aliphatic carbocycles. The SMILES string of the molecule is CC(=O)N1CCC2(CC1)CN(C(C)(C)CCC(C)(CCC(C)(C)N1CCC3(CC1)CN(C(C)=O)C3)N1CCC3(CC1)CN(S(C)(=O)=O)C3)C2. The average Bonchev–Trinajstić information content (AvgIpc) is 2.99. The first-order valence-electron chi connectivity index (χ1n) is 19.4. The van der Waals surface area contributed by atoms with Crippen LogP contribution in [0, 0.1) is 16.2 Å². The minimum atomic E-state index is -3.10. The highest BCUT2D eigenvalue weighted by atomic mass is 32.2. The molecular weight excluding hydrogens is 637 g/mol. The summed E-state index contributed by atoms with van der Waals surface area (Å²) in [6.07, 6.45) is 12.8. The molecule has 0 aromatic rings. The Hall–Kier alpha value is -1.27. The summed E-state index contributed by atoms with van der Waals surface area (Å²) >= 11 is 0. The van der Waals surface area contributed by atoms with Crippen LogP contribution in [0.3, 0.4) is 0 Å². The van der Waals surface area contributed by atoms with Crippen LogP contribution in [-0.4, -0.2) is 150 Å². The molecule has 6 heterocycles. The molecule has 6 fully saturated rings. The second-order valence-electron chi connectivity index (χ2n) is 19.4. The van der Waals surface area contributed by atoms with Gasteiger partial charge in [-0.25, -0.2) is 12.7 Å². The molecular formula is C38H68N6O4S. The fourth-order valence-electron chi connectivity index (χ4n) is 10.4. The van der Waals surface area contributed by atoms with E-state index < -0.39 is 10.0 Å². The van der Waals surface area contributed by atoms with Crippen LogP contribution in [0.15, 0.2) is 0 Å². The van der Waals surface area contributed by atoms with Crippen LogP contribution in [0.2, 0.25) is 0 Å². The fourth-order valence-corrected chi connectivity index (χ4v) is 11.4. The summed E-state index contributed by atoms with van der Waals surface area (Å²) in [6.45, 7) is 27.5. The number of piperidine rings is 3. The van der Waals surface area contributed by atoms with Gasteiger partial charge in [0.1, 0.15) is 0 Å². The Kier molecular flexibility index (Phi) is 9.94. The van der Waals surface area contributed by atoms with Gasteiger partial charge in [-0.05, 0) is 130 Å². The van der Waals surface area contributed by atoms with Gasteiger partial charge in [-0.2, -0.15) is 0 Å². The van der Waals surface area contributed by atoms with Crippen molar-refractivity contribution in [2.24, 2.45) is 16.2 Å². The maximum Gasteiger partial charge on any atom is 0.219 e. The van der Waals surface area contributed by atoms with Gasteiger partial charge in [-0.1, -0.05) is 0 Å². The molecule has 1 unspecified atom stereocenters. The monoisotopic (exact) mass is 705 g/mol. The Labute approximate surface area is 298 Å². The molecule has 49 heavy (non-hydrogen) atoms. The van der Waals surface area contributed by atoms with E-state index in [0.29, 0.717) is 23.9 Å². The zero-order valence-electron chi connectivity index (χ0n) is 32.3. The first-order chi connectivity index (χ1) is 22.7. The standard InChI is InChI=1S/C38H68N6O4S/c1-31(45)39-19-13-37(14-20-39)27-43(28-37)34(5,6)10-12-35(7,42-23-17-38(18-24-42)29-44(30-38)49(8,47)48)11-9-33(3,4)41-21-15-36(16-22-41)25-40(26-36)32(2)46/h9-30H2,1-8H3. The summed E-state index contributed by atoms with van der Waals surface area (Å²) in [4.78, 5) is 36.0. The van der Waals surface area contributed by atoms with Crippen LogP contribution in [0.25, 0.3) is 0 Å². The lowest BCUT2D eigenvalue weighted by molar-refractivity contribution is -0.145. The zero-order chi connectivity index (χ0) is 35.7. The molecule has 0 N–H and O–H groups in total. The number of hydrogen-bond donors (Lipinski definition) is 0. The average molecular weight is 705 g/mol.